The summed E-state index contributed by atoms with van der Waals surface area (Å²) in [5.74, 6) is 0.578. The lowest BCUT2D eigenvalue weighted by molar-refractivity contribution is 0.0942. The fourth-order valence-corrected chi connectivity index (χ4v) is 1.08. The molecule has 0 aromatic carbocycles. The number of aliphatic hydroxyl groups is 2. The van der Waals surface area contributed by atoms with Crippen LogP contribution in [-0.2, 0) is 6.54 Å². The maximum Gasteiger partial charge on any atom is 0.212 e. The van der Waals surface area contributed by atoms with E-state index in [1.54, 1.807) is 19.4 Å². The van der Waals surface area contributed by atoms with Gasteiger partial charge in [0.15, 0.2) is 0 Å². The van der Waals surface area contributed by atoms with Crippen LogP contribution in [0.1, 0.15) is 5.56 Å². The van der Waals surface area contributed by atoms with Crippen molar-refractivity contribution in [1.29, 1.82) is 0 Å². The summed E-state index contributed by atoms with van der Waals surface area (Å²) in [7, 11) is 1.57. The molecule has 0 bridgehead atoms. The van der Waals surface area contributed by atoms with Gasteiger partial charge in [0.1, 0.15) is 0 Å². The van der Waals surface area contributed by atoms with Crippen LogP contribution in [0.2, 0.25) is 0 Å². The van der Waals surface area contributed by atoms with E-state index in [0.29, 0.717) is 19.0 Å². The summed E-state index contributed by atoms with van der Waals surface area (Å²) in [5.41, 5.74) is 1.00. The highest BCUT2D eigenvalue weighted by atomic mass is 16.5. The normalized spacial score (nSPS) is 12.5. The summed E-state index contributed by atoms with van der Waals surface area (Å²) in [4.78, 5) is 4.04. The van der Waals surface area contributed by atoms with E-state index in [9.17, 15) is 0 Å². The van der Waals surface area contributed by atoms with Gasteiger partial charge >= 0.3 is 0 Å². The molecule has 0 saturated heterocycles. The van der Waals surface area contributed by atoms with E-state index >= 15 is 0 Å². The Labute approximate surface area is 88.7 Å². The van der Waals surface area contributed by atoms with Crippen molar-refractivity contribution >= 4 is 0 Å². The third kappa shape index (κ3) is 4.24. The highest BCUT2D eigenvalue weighted by molar-refractivity contribution is 5.17. The van der Waals surface area contributed by atoms with E-state index in [0.717, 1.165) is 5.56 Å². The SMILES string of the molecule is COc1ccc(CNCC(O)CO)cn1. The molecule has 1 atom stereocenters. The molecule has 0 saturated carbocycles. The Kier molecular flexibility index (Phi) is 5.03. The van der Waals surface area contributed by atoms with Gasteiger partial charge in [-0.2, -0.15) is 0 Å². The zero-order valence-electron chi connectivity index (χ0n) is 8.68. The van der Waals surface area contributed by atoms with Crippen LogP contribution in [0.5, 0.6) is 5.88 Å². The minimum Gasteiger partial charge on any atom is -0.481 e. The second kappa shape index (κ2) is 6.34. The lowest BCUT2D eigenvalue weighted by Gasteiger charge is -2.08. The number of pyridine rings is 1. The lowest BCUT2D eigenvalue weighted by atomic mass is 10.3. The van der Waals surface area contributed by atoms with Crippen LogP contribution < -0.4 is 10.1 Å². The maximum absolute atomic E-state index is 9.07. The van der Waals surface area contributed by atoms with E-state index in [1.165, 1.54) is 0 Å². The maximum atomic E-state index is 9.07. The van der Waals surface area contributed by atoms with Crippen molar-refractivity contribution in [3.63, 3.8) is 0 Å². The molecule has 1 aromatic rings. The molecule has 1 heterocycles. The second-order valence-electron chi connectivity index (χ2n) is 3.18. The van der Waals surface area contributed by atoms with Crippen LogP contribution in [0.15, 0.2) is 18.3 Å². The summed E-state index contributed by atoms with van der Waals surface area (Å²) >= 11 is 0. The third-order valence-electron chi connectivity index (χ3n) is 1.93. The van der Waals surface area contributed by atoms with Gasteiger partial charge in [0, 0.05) is 25.4 Å². The van der Waals surface area contributed by atoms with Gasteiger partial charge in [-0.1, -0.05) is 6.07 Å². The van der Waals surface area contributed by atoms with Crippen LogP contribution in [-0.4, -0.2) is 41.6 Å². The second-order valence-corrected chi connectivity index (χ2v) is 3.18. The highest BCUT2D eigenvalue weighted by Crippen LogP contribution is 2.05. The molecule has 15 heavy (non-hydrogen) atoms. The number of aliphatic hydroxyl groups excluding tert-OH is 2. The molecule has 1 aromatic heterocycles. The number of nitrogens with zero attached hydrogens (tertiary/aromatic N) is 1. The monoisotopic (exact) mass is 212 g/mol. The molecule has 0 aliphatic rings. The minimum absolute atomic E-state index is 0.228. The van der Waals surface area contributed by atoms with Crippen molar-refractivity contribution in [2.75, 3.05) is 20.3 Å². The first-order chi connectivity index (χ1) is 7.26. The highest BCUT2D eigenvalue weighted by Gasteiger charge is 2.00. The first-order valence-corrected chi connectivity index (χ1v) is 4.75. The Morgan fingerprint density at radius 2 is 2.33 bits per heavy atom. The molecule has 5 heteroatoms. The largest absolute Gasteiger partial charge is 0.481 e. The van der Waals surface area contributed by atoms with E-state index < -0.39 is 6.10 Å². The number of hydrogen-bond acceptors (Lipinski definition) is 5. The summed E-state index contributed by atoms with van der Waals surface area (Å²) in [5, 5.41) is 20.7. The molecule has 1 rings (SSSR count). The van der Waals surface area contributed by atoms with E-state index in [-0.39, 0.29) is 6.61 Å². The molecule has 0 aliphatic heterocycles. The predicted molar refractivity (Wildman–Crippen MR) is 55.6 cm³/mol. The summed E-state index contributed by atoms with van der Waals surface area (Å²) in [6.45, 7) is 0.741. The van der Waals surface area contributed by atoms with Gasteiger partial charge in [-0.3, -0.25) is 0 Å². The van der Waals surface area contributed by atoms with Crippen molar-refractivity contribution in [1.82, 2.24) is 10.3 Å². The molecule has 5 nitrogen and oxygen atoms in total. The minimum atomic E-state index is -0.712. The van der Waals surface area contributed by atoms with Crippen molar-refractivity contribution < 1.29 is 14.9 Å². The van der Waals surface area contributed by atoms with Gasteiger partial charge in [0.25, 0.3) is 0 Å². The first kappa shape index (κ1) is 11.9. The van der Waals surface area contributed by atoms with Gasteiger partial charge in [-0.25, -0.2) is 4.98 Å². The van der Waals surface area contributed by atoms with Crippen LogP contribution in [0, 0.1) is 0 Å². The summed E-state index contributed by atoms with van der Waals surface area (Å²) < 4.78 is 4.92. The zero-order chi connectivity index (χ0) is 11.1. The number of aromatic nitrogens is 1. The molecule has 0 amide bonds. The summed E-state index contributed by atoms with van der Waals surface area (Å²) in [6.07, 6.45) is 0.994. The number of ether oxygens (including phenoxy) is 1. The molecule has 84 valence electrons. The molecule has 0 radical (unpaired) electrons. The smallest absolute Gasteiger partial charge is 0.212 e. The fourth-order valence-electron chi connectivity index (χ4n) is 1.08. The van der Waals surface area contributed by atoms with Crippen molar-refractivity contribution in [3.05, 3.63) is 23.9 Å². The standard InChI is InChI=1S/C10H16N2O3/c1-15-10-3-2-8(5-12-10)4-11-6-9(14)7-13/h2-3,5,9,11,13-14H,4,6-7H2,1H3. The number of nitrogens with one attached hydrogen (secondary N) is 1. The topological polar surface area (TPSA) is 74.6 Å². The fraction of sp³-hybridized carbons (Fsp3) is 0.500. The van der Waals surface area contributed by atoms with Crippen LogP contribution >= 0.6 is 0 Å². The lowest BCUT2D eigenvalue weighted by Crippen LogP contribution is -2.28. The molecule has 0 fully saturated rings. The third-order valence-corrected chi connectivity index (χ3v) is 1.93. The molecule has 0 aliphatic carbocycles. The summed E-state index contributed by atoms with van der Waals surface area (Å²) in [6, 6.07) is 3.67. The average molecular weight is 212 g/mol. The molecule has 1 unspecified atom stereocenters. The van der Waals surface area contributed by atoms with E-state index in [4.69, 9.17) is 14.9 Å². The molecular formula is C10H16N2O3. The quantitative estimate of drug-likeness (QED) is 0.594. The van der Waals surface area contributed by atoms with Crippen molar-refractivity contribution in [3.8, 4) is 5.88 Å². The first-order valence-electron chi connectivity index (χ1n) is 4.75. The van der Waals surface area contributed by atoms with Crippen LogP contribution in [0.25, 0.3) is 0 Å². The van der Waals surface area contributed by atoms with Gasteiger partial charge < -0.3 is 20.3 Å². The van der Waals surface area contributed by atoms with Crippen LogP contribution in [0.4, 0.5) is 0 Å². The predicted octanol–water partition coefficient (Wildman–Crippen LogP) is -0.467. The molecule has 0 spiro atoms. The van der Waals surface area contributed by atoms with Gasteiger partial charge in [0.2, 0.25) is 5.88 Å². The number of hydrogen-bond donors (Lipinski definition) is 3. The van der Waals surface area contributed by atoms with Crippen molar-refractivity contribution in [2.45, 2.75) is 12.6 Å². The zero-order valence-corrected chi connectivity index (χ0v) is 8.68. The van der Waals surface area contributed by atoms with Crippen LogP contribution in [0.3, 0.4) is 0 Å². The van der Waals surface area contributed by atoms with Crippen molar-refractivity contribution in [2.24, 2.45) is 0 Å². The van der Waals surface area contributed by atoms with Gasteiger partial charge in [-0.15, -0.1) is 0 Å². The van der Waals surface area contributed by atoms with E-state index in [2.05, 4.69) is 10.3 Å². The van der Waals surface area contributed by atoms with E-state index in [1.807, 2.05) is 6.07 Å². The Morgan fingerprint density at radius 1 is 1.53 bits per heavy atom. The van der Waals surface area contributed by atoms with Gasteiger partial charge in [0.05, 0.1) is 19.8 Å². The Bertz CT molecular complexity index is 277. The Morgan fingerprint density at radius 3 is 2.87 bits per heavy atom. The average Bonchev–Trinajstić information content (AvgIpc) is 2.29. The molecule has 3 N–H and O–H groups in total. The number of rotatable bonds is 6. The Balaban J connectivity index is 2.31. The Hall–Kier alpha value is -1.17. The van der Waals surface area contributed by atoms with Gasteiger partial charge in [-0.05, 0) is 5.56 Å². The number of methoxy groups -OCH3 is 1. The molecular weight excluding hydrogens is 196 g/mol.